The summed E-state index contributed by atoms with van der Waals surface area (Å²) in [5.74, 6) is -0.360. The molecule has 4 nitrogen and oxygen atoms in total. The van der Waals surface area contributed by atoms with Gasteiger partial charge in [0.05, 0.1) is 7.11 Å². The summed E-state index contributed by atoms with van der Waals surface area (Å²) in [5.41, 5.74) is 0. The molecule has 0 radical (unpaired) electrons. The van der Waals surface area contributed by atoms with Gasteiger partial charge in [-0.2, -0.15) is 5.26 Å². The molecule has 0 N–H and O–H groups in total. The van der Waals surface area contributed by atoms with Gasteiger partial charge in [-0.3, -0.25) is 9.69 Å². The van der Waals surface area contributed by atoms with Crippen LogP contribution < -0.4 is 0 Å². The van der Waals surface area contributed by atoms with Crippen molar-refractivity contribution in [3.63, 3.8) is 0 Å². The lowest BCUT2D eigenvalue weighted by Crippen LogP contribution is -2.26. The fraction of sp³-hybridized carbons (Fsp3) is 0.667. The Balaban J connectivity index is 3.70. The van der Waals surface area contributed by atoms with Crippen LogP contribution in [0.3, 0.4) is 0 Å². The van der Waals surface area contributed by atoms with Crippen LogP contribution in [0.5, 0.6) is 0 Å². The van der Waals surface area contributed by atoms with Gasteiger partial charge in [0.25, 0.3) is 0 Å². The van der Waals surface area contributed by atoms with E-state index in [0.29, 0.717) is 6.54 Å². The van der Waals surface area contributed by atoms with Crippen LogP contribution in [0.4, 0.5) is 0 Å². The fourth-order valence-electron chi connectivity index (χ4n) is 0.655. The number of nitriles is 1. The summed E-state index contributed by atoms with van der Waals surface area (Å²) in [6.07, 6.45) is 1.92. The Morgan fingerprint density at radius 3 is 2.82 bits per heavy atom. The molecule has 0 heterocycles. The molecule has 0 saturated heterocycles. The van der Waals surface area contributed by atoms with Crippen molar-refractivity contribution in [2.75, 3.05) is 20.2 Å². The average Bonchev–Trinajstić information content (AvgIpc) is 2.03. The Bertz CT molecular complexity index is 166. The minimum atomic E-state index is -0.360. The topological polar surface area (TPSA) is 53.3 Å². The molecule has 62 valence electrons. The Morgan fingerprint density at radius 1 is 1.82 bits per heavy atom. The van der Waals surface area contributed by atoms with Crippen molar-refractivity contribution < 1.29 is 9.53 Å². The van der Waals surface area contributed by atoms with Crippen molar-refractivity contribution in [2.45, 2.75) is 6.04 Å². The van der Waals surface area contributed by atoms with Gasteiger partial charge in [-0.05, 0) is 6.04 Å². The lowest BCUT2D eigenvalue weighted by molar-refractivity contribution is -0.141. The molecular weight excluding hydrogens is 160 g/mol. The van der Waals surface area contributed by atoms with Gasteiger partial charge < -0.3 is 4.74 Å². The third-order valence-corrected chi connectivity index (χ3v) is 1.63. The summed E-state index contributed by atoms with van der Waals surface area (Å²) in [6.45, 7) is 0.743. The molecule has 0 spiro atoms. The molecule has 0 aliphatic rings. The molecule has 0 unspecified atom stereocenters. The summed E-state index contributed by atoms with van der Waals surface area (Å²) in [7, 11) is 2.37. The molecular formula is C6H12N2O2Si. The first-order chi connectivity index (χ1) is 5.24. The first-order valence-electron chi connectivity index (χ1n) is 3.46. The summed E-state index contributed by atoms with van der Waals surface area (Å²) in [6, 6.07) is 0.991. The highest BCUT2D eigenvalue weighted by Gasteiger charge is 2.06. The average molecular weight is 172 g/mol. The van der Waals surface area contributed by atoms with E-state index in [1.165, 1.54) is 12.0 Å². The summed E-state index contributed by atoms with van der Waals surface area (Å²) < 4.78 is 4.41. The van der Waals surface area contributed by atoms with Gasteiger partial charge in [-0.15, -0.1) is 0 Å². The Hall–Kier alpha value is -1.02. The van der Waals surface area contributed by atoms with Gasteiger partial charge in [0.2, 0.25) is 0 Å². The van der Waals surface area contributed by atoms with Gasteiger partial charge in [0.1, 0.15) is 6.54 Å². The van der Waals surface area contributed by atoms with E-state index < -0.39 is 0 Å². The zero-order valence-corrected chi connectivity index (χ0v) is 8.83. The van der Waals surface area contributed by atoms with Crippen LogP contribution in [0, 0.1) is 11.5 Å². The second-order valence-electron chi connectivity index (χ2n) is 2.10. The summed E-state index contributed by atoms with van der Waals surface area (Å²) >= 11 is 0. The number of hydrogen-bond acceptors (Lipinski definition) is 4. The van der Waals surface area contributed by atoms with Crippen molar-refractivity contribution in [1.82, 2.24) is 4.90 Å². The van der Waals surface area contributed by atoms with Crippen LogP contribution in [0.25, 0.3) is 0 Å². The van der Waals surface area contributed by atoms with E-state index in [9.17, 15) is 4.79 Å². The second-order valence-corrected chi connectivity index (χ2v) is 3.10. The molecule has 0 aromatic carbocycles. The quantitative estimate of drug-likeness (QED) is 0.229. The van der Waals surface area contributed by atoms with Crippen LogP contribution in [0.15, 0.2) is 0 Å². The van der Waals surface area contributed by atoms with Crippen molar-refractivity contribution >= 4 is 16.2 Å². The first kappa shape index (κ1) is 9.98. The Labute approximate surface area is 69.2 Å². The molecule has 0 aliphatic carbocycles. The van der Waals surface area contributed by atoms with Crippen molar-refractivity contribution in [1.29, 1.82) is 5.26 Å². The molecule has 0 aromatic rings. The van der Waals surface area contributed by atoms with E-state index in [1.54, 1.807) is 0 Å². The number of carbonyl (C=O) groups is 1. The molecule has 0 fully saturated rings. The van der Waals surface area contributed by atoms with Crippen molar-refractivity contribution in [3.05, 3.63) is 0 Å². The predicted molar refractivity (Wildman–Crippen MR) is 43.9 cm³/mol. The molecule has 5 heteroatoms. The highest BCUT2D eigenvalue weighted by atomic mass is 28.1. The van der Waals surface area contributed by atoms with Gasteiger partial charge in [0.15, 0.2) is 6.19 Å². The van der Waals surface area contributed by atoms with Crippen LogP contribution >= 0.6 is 0 Å². The highest BCUT2D eigenvalue weighted by molar-refractivity contribution is 6.08. The van der Waals surface area contributed by atoms with Crippen LogP contribution in [0.2, 0.25) is 6.04 Å². The zero-order valence-electron chi connectivity index (χ0n) is 6.83. The maximum atomic E-state index is 10.7. The van der Waals surface area contributed by atoms with E-state index in [-0.39, 0.29) is 12.5 Å². The Kier molecular flexibility index (Phi) is 5.20. The summed E-state index contributed by atoms with van der Waals surface area (Å²) in [4.78, 5) is 12.1. The minimum absolute atomic E-state index is 0.0786. The maximum Gasteiger partial charge on any atom is 0.326 e. The lowest BCUT2D eigenvalue weighted by Gasteiger charge is -2.11. The van der Waals surface area contributed by atoms with Gasteiger partial charge in [0, 0.05) is 16.8 Å². The van der Waals surface area contributed by atoms with Gasteiger partial charge >= 0.3 is 5.97 Å². The van der Waals surface area contributed by atoms with Crippen LogP contribution in [-0.2, 0) is 9.53 Å². The number of esters is 1. The van der Waals surface area contributed by atoms with Crippen molar-refractivity contribution in [2.24, 2.45) is 0 Å². The van der Waals surface area contributed by atoms with E-state index in [2.05, 4.69) is 4.74 Å². The molecule has 0 saturated carbocycles. The zero-order chi connectivity index (χ0) is 8.69. The number of rotatable bonds is 4. The first-order valence-corrected chi connectivity index (χ1v) is 4.87. The van der Waals surface area contributed by atoms with Crippen LogP contribution in [-0.4, -0.2) is 41.3 Å². The standard InChI is InChI=1S/C6H12N2O2Si/c1-10-6(9)4-8(5-7)2-3-11/h2-4H2,1,11H3. The smallest absolute Gasteiger partial charge is 0.326 e. The number of carbonyl (C=O) groups excluding carboxylic acids is 1. The second kappa shape index (κ2) is 5.74. The normalized spacial score (nSPS) is 8.73. The monoisotopic (exact) mass is 172 g/mol. The maximum absolute atomic E-state index is 10.7. The number of ether oxygens (including phenoxy) is 1. The summed E-state index contributed by atoms with van der Waals surface area (Å²) in [5, 5.41) is 8.49. The van der Waals surface area contributed by atoms with Crippen molar-refractivity contribution in [3.8, 4) is 6.19 Å². The predicted octanol–water partition coefficient (Wildman–Crippen LogP) is -1.27. The molecule has 0 amide bonds. The largest absolute Gasteiger partial charge is 0.468 e. The van der Waals surface area contributed by atoms with Gasteiger partial charge in [-0.25, -0.2) is 0 Å². The van der Waals surface area contributed by atoms with E-state index >= 15 is 0 Å². The Morgan fingerprint density at radius 2 is 2.45 bits per heavy atom. The SMILES string of the molecule is COC(=O)CN(C#N)CC[SiH3]. The fourth-order valence-corrected chi connectivity index (χ4v) is 1.19. The number of nitrogens with zero attached hydrogens (tertiary/aromatic N) is 2. The van der Waals surface area contributed by atoms with Gasteiger partial charge in [-0.1, -0.05) is 0 Å². The molecule has 0 rings (SSSR count). The third-order valence-electron chi connectivity index (χ3n) is 1.18. The molecule has 0 atom stereocenters. The minimum Gasteiger partial charge on any atom is -0.468 e. The molecule has 0 aliphatic heterocycles. The van der Waals surface area contributed by atoms with E-state index in [1.807, 2.05) is 6.19 Å². The number of methoxy groups -OCH3 is 1. The van der Waals surface area contributed by atoms with E-state index in [4.69, 9.17) is 5.26 Å². The lowest BCUT2D eigenvalue weighted by atomic mass is 10.5. The third kappa shape index (κ3) is 4.39. The van der Waals surface area contributed by atoms with E-state index in [0.717, 1.165) is 16.3 Å². The molecule has 0 aromatic heterocycles. The molecule has 11 heavy (non-hydrogen) atoms. The molecule has 0 bridgehead atoms. The van der Waals surface area contributed by atoms with Crippen LogP contribution in [0.1, 0.15) is 0 Å². The highest BCUT2D eigenvalue weighted by Crippen LogP contribution is 1.88. The number of hydrogen-bond donors (Lipinski definition) is 0.